The van der Waals surface area contributed by atoms with E-state index in [1.54, 1.807) is 7.05 Å². The van der Waals surface area contributed by atoms with Crippen molar-refractivity contribution in [3.8, 4) is 0 Å². The summed E-state index contributed by atoms with van der Waals surface area (Å²) >= 11 is 0. The van der Waals surface area contributed by atoms with Crippen LogP contribution in [0.5, 0.6) is 0 Å². The molecule has 0 fully saturated rings. The van der Waals surface area contributed by atoms with E-state index in [4.69, 9.17) is 0 Å². The molecule has 0 aliphatic heterocycles. The normalized spacial score (nSPS) is 10.8. The SMILES string of the molecule is CN=C(NCCn1cccc1)NCc1ccccc1.I. The Hall–Kier alpha value is -1.50. The van der Waals surface area contributed by atoms with E-state index in [1.165, 1.54) is 5.56 Å². The van der Waals surface area contributed by atoms with Crippen LogP contribution in [0.4, 0.5) is 0 Å². The molecule has 0 amide bonds. The maximum atomic E-state index is 4.21. The van der Waals surface area contributed by atoms with Gasteiger partial charge in [0.2, 0.25) is 0 Å². The second-order valence-electron chi connectivity index (χ2n) is 4.26. The number of aliphatic imine (C=N–C) groups is 1. The lowest BCUT2D eigenvalue weighted by Gasteiger charge is -2.12. The molecule has 0 aliphatic carbocycles. The Morgan fingerprint density at radius 2 is 1.75 bits per heavy atom. The summed E-state index contributed by atoms with van der Waals surface area (Å²) in [5, 5.41) is 6.59. The zero-order valence-corrected chi connectivity index (χ0v) is 14.0. The summed E-state index contributed by atoms with van der Waals surface area (Å²) in [5.74, 6) is 0.830. The molecule has 0 radical (unpaired) electrons. The highest BCUT2D eigenvalue weighted by molar-refractivity contribution is 14.0. The van der Waals surface area contributed by atoms with Gasteiger partial charge in [-0.3, -0.25) is 4.99 Å². The smallest absolute Gasteiger partial charge is 0.191 e. The van der Waals surface area contributed by atoms with Gasteiger partial charge in [0.1, 0.15) is 0 Å². The minimum absolute atomic E-state index is 0. The summed E-state index contributed by atoms with van der Waals surface area (Å²) in [6.07, 6.45) is 4.11. The Balaban J connectivity index is 0.00000200. The molecular weight excluding hydrogens is 363 g/mol. The molecule has 1 heterocycles. The number of hydrogen-bond acceptors (Lipinski definition) is 1. The number of nitrogens with one attached hydrogen (secondary N) is 2. The fraction of sp³-hybridized carbons (Fsp3) is 0.267. The molecule has 20 heavy (non-hydrogen) atoms. The van der Waals surface area contributed by atoms with Crippen LogP contribution in [0.1, 0.15) is 5.56 Å². The van der Waals surface area contributed by atoms with Crippen molar-refractivity contribution in [2.75, 3.05) is 13.6 Å². The van der Waals surface area contributed by atoms with Gasteiger partial charge in [-0.25, -0.2) is 0 Å². The lowest BCUT2D eigenvalue weighted by molar-refractivity contribution is 0.665. The third-order valence-electron chi connectivity index (χ3n) is 2.86. The first-order chi connectivity index (χ1) is 9.38. The molecule has 2 N–H and O–H groups in total. The van der Waals surface area contributed by atoms with E-state index in [9.17, 15) is 0 Å². The Labute approximate surface area is 137 Å². The van der Waals surface area contributed by atoms with Crippen molar-refractivity contribution in [1.82, 2.24) is 15.2 Å². The minimum Gasteiger partial charge on any atom is -0.355 e. The Bertz CT molecular complexity index is 494. The monoisotopic (exact) mass is 384 g/mol. The molecule has 0 aliphatic rings. The molecule has 2 aromatic rings. The average molecular weight is 384 g/mol. The highest BCUT2D eigenvalue weighted by atomic mass is 127. The summed E-state index contributed by atoms with van der Waals surface area (Å²) in [6, 6.07) is 14.4. The topological polar surface area (TPSA) is 41.4 Å². The molecular formula is C15H21IN4. The maximum absolute atomic E-state index is 4.21. The quantitative estimate of drug-likeness (QED) is 0.473. The second kappa shape index (κ2) is 9.41. The summed E-state index contributed by atoms with van der Waals surface area (Å²) in [7, 11) is 1.79. The van der Waals surface area contributed by atoms with E-state index in [0.717, 1.165) is 25.6 Å². The zero-order chi connectivity index (χ0) is 13.3. The second-order valence-corrected chi connectivity index (χ2v) is 4.26. The van der Waals surface area contributed by atoms with Gasteiger partial charge in [0.15, 0.2) is 5.96 Å². The van der Waals surface area contributed by atoms with E-state index >= 15 is 0 Å². The van der Waals surface area contributed by atoms with Gasteiger partial charge in [0.25, 0.3) is 0 Å². The third kappa shape index (κ3) is 5.64. The molecule has 0 bridgehead atoms. The Morgan fingerprint density at radius 1 is 1.05 bits per heavy atom. The molecule has 1 aromatic carbocycles. The zero-order valence-electron chi connectivity index (χ0n) is 11.6. The van der Waals surface area contributed by atoms with E-state index in [2.05, 4.69) is 44.7 Å². The van der Waals surface area contributed by atoms with Gasteiger partial charge in [-0.15, -0.1) is 24.0 Å². The average Bonchev–Trinajstić information content (AvgIpc) is 2.97. The maximum Gasteiger partial charge on any atom is 0.191 e. The van der Waals surface area contributed by atoms with Crippen molar-refractivity contribution in [2.24, 2.45) is 4.99 Å². The molecule has 0 saturated heterocycles. The lowest BCUT2D eigenvalue weighted by Crippen LogP contribution is -2.38. The number of benzene rings is 1. The Morgan fingerprint density at radius 3 is 2.40 bits per heavy atom. The summed E-state index contributed by atoms with van der Waals surface area (Å²) in [6.45, 7) is 2.56. The van der Waals surface area contributed by atoms with Gasteiger partial charge in [-0.2, -0.15) is 0 Å². The molecule has 5 heteroatoms. The van der Waals surface area contributed by atoms with E-state index in [0.29, 0.717) is 0 Å². The molecule has 0 saturated carbocycles. The number of nitrogens with zero attached hydrogens (tertiary/aromatic N) is 2. The molecule has 2 rings (SSSR count). The van der Waals surface area contributed by atoms with Crippen LogP contribution in [0.15, 0.2) is 59.9 Å². The van der Waals surface area contributed by atoms with Gasteiger partial charge >= 0.3 is 0 Å². The van der Waals surface area contributed by atoms with Crippen LogP contribution in [-0.4, -0.2) is 24.1 Å². The minimum atomic E-state index is 0. The molecule has 4 nitrogen and oxygen atoms in total. The number of aromatic nitrogens is 1. The fourth-order valence-electron chi connectivity index (χ4n) is 1.82. The largest absolute Gasteiger partial charge is 0.355 e. The molecule has 0 atom stereocenters. The Kier molecular flexibility index (Phi) is 7.79. The number of halogens is 1. The fourth-order valence-corrected chi connectivity index (χ4v) is 1.82. The first kappa shape index (κ1) is 16.6. The van der Waals surface area contributed by atoms with Gasteiger partial charge in [-0.05, 0) is 17.7 Å². The summed E-state index contributed by atoms with van der Waals surface area (Å²) in [5.41, 5.74) is 1.25. The predicted molar refractivity (Wildman–Crippen MR) is 94.5 cm³/mol. The van der Waals surface area contributed by atoms with Crippen molar-refractivity contribution < 1.29 is 0 Å². The standard InChI is InChI=1S/C15H20N4.HI/c1-16-15(17-9-12-19-10-5-6-11-19)18-13-14-7-3-2-4-8-14;/h2-8,10-11H,9,12-13H2,1H3,(H2,16,17,18);1H. The first-order valence-corrected chi connectivity index (χ1v) is 6.47. The van der Waals surface area contributed by atoms with Crippen LogP contribution >= 0.6 is 24.0 Å². The first-order valence-electron chi connectivity index (χ1n) is 6.47. The van der Waals surface area contributed by atoms with E-state index in [-0.39, 0.29) is 24.0 Å². The van der Waals surface area contributed by atoms with E-state index in [1.807, 2.05) is 30.3 Å². The number of hydrogen-bond donors (Lipinski definition) is 2. The lowest BCUT2D eigenvalue weighted by atomic mass is 10.2. The van der Waals surface area contributed by atoms with Crippen molar-refractivity contribution in [1.29, 1.82) is 0 Å². The van der Waals surface area contributed by atoms with Crippen molar-refractivity contribution >= 4 is 29.9 Å². The third-order valence-corrected chi connectivity index (χ3v) is 2.86. The van der Waals surface area contributed by atoms with Crippen molar-refractivity contribution in [2.45, 2.75) is 13.1 Å². The van der Waals surface area contributed by atoms with Crippen LogP contribution in [0.2, 0.25) is 0 Å². The van der Waals surface area contributed by atoms with Gasteiger partial charge in [0.05, 0.1) is 0 Å². The van der Waals surface area contributed by atoms with Crippen LogP contribution in [0.25, 0.3) is 0 Å². The highest BCUT2D eigenvalue weighted by Gasteiger charge is 1.97. The van der Waals surface area contributed by atoms with E-state index < -0.39 is 0 Å². The van der Waals surface area contributed by atoms with Gasteiger partial charge < -0.3 is 15.2 Å². The highest BCUT2D eigenvalue weighted by Crippen LogP contribution is 1.96. The van der Waals surface area contributed by atoms with Crippen molar-refractivity contribution in [3.05, 3.63) is 60.4 Å². The molecule has 108 valence electrons. The van der Waals surface area contributed by atoms with Gasteiger partial charge in [0, 0.05) is 39.1 Å². The summed E-state index contributed by atoms with van der Waals surface area (Å²) < 4.78 is 2.14. The number of rotatable bonds is 5. The molecule has 1 aromatic heterocycles. The molecule has 0 unspecified atom stereocenters. The van der Waals surface area contributed by atoms with Crippen molar-refractivity contribution in [3.63, 3.8) is 0 Å². The number of guanidine groups is 1. The van der Waals surface area contributed by atoms with Crippen LogP contribution in [-0.2, 0) is 13.1 Å². The molecule has 0 spiro atoms. The van der Waals surface area contributed by atoms with Gasteiger partial charge in [-0.1, -0.05) is 30.3 Å². The van der Waals surface area contributed by atoms with Crippen LogP contribution in [0.3, 0.4) is 0 Å². The van der Waals surface area contributed by atoms with Crippen LogP contribution < -0.4 is 10.6 Å². The van der Waals surface area contributed by atoms with Crippen LogP contribution in [0, 0.1) is 0 Å². The predicted octanol–water partition coefficient (Wildman–Crippen LogP) is 2.47. The summed E-state index contributed by atoms with van der Waals surface area (Å²) in [4.78, 5) is 4.21.